The van der Waals surface area contributed by atoms with Crippen LogP contribution < -0.4 is 6.15 Å². The van der Waals surface area contributed by atoms with Gasteiger partial charge in [0, 0.05) is 11.5 Å². The van der Waals surface area contributed by atoms with Gasteiger partial charge in [0.2, 0.25) is 0 Å². The van der Waals surface area contributed by atoms with Crippen LogP contribution in [0, 0.1) is 0 Å². The Bertz CT molecular complexity index is 191. The number of rotatable bonds is 4. The van der Waals surface area contributed by atoms with Crippen molar-refractivity contribution in [3.05, 3.63) is 25.3 Å². The van der Waals surface area contributed by atoms with Crippen molar-refractivity contribution >= 4 is 16.8 Å². The predicted octanol–water partition coefficient (Wildman–Crippen LogP) is 0.793. The van der Waals surface area contributed by atoms with E-state index in [4.69, 9.17) is 14.7 Å². The molecule has 0 aromatic heterocycles. The molecule has 0 atom stereocenters. The summed E-state index contributed by atoms with van der Waals surface area (Å²) >= 11 is 0. The molecule has 0 saturated heterocycles. The van der Waals surface area contributed by atoms with Gasteiger partial charge in [0.25, 0.3) is 6.72 Å². The van der Waals surface area contributed by atoms with E-state index in [1.54, 1.807) is 12.2 Å². The first-order valence-electron chi connectivity index (χ1n) is 2.99. The molecule has 0 spiro atoms. The molecule has 4 nitrogen and oxygen atoms in total. The average Bonchev–Trinajstić information content (AvgIpc) is 1.85. The van der Waals surface area contributed by atoms with Crippen LogP contribution in [-0.2, 0) is 10.1 Å². The maximum absolute atomic E-state index is 8.88. The lowest BCUT2D eigenvalue weighted by Gasteiger charge is -2.11. The first-order valence-corrected chi connectivity index (χ1v) is 6.81. The van der Waals surface area contributed by atoms with Crippen molar-refractivity contribution in [2.24, 2.45) is 0 Å². The smallest absolute Gasteiger partial charge is 0.277 e. The summed E-state index contributed by atoms with van der Waals surface area (Å²) in [6, 6.07) is 0. The molecule has 0 aliphatic heterocycles. The summed E-state index contributed by atoms with van der Waals surface area (Å²) in [4.78, 5) is 26.6. The Morgan fingerprint density at radius 3 is 1.58 bits per heavy atom. The molecule has 0 aromatic carbocycles. The summed E-state index contributed by atoms with van der Waals surface area (Å²) < 4.78 is 0. The van der Waals surface area contributed by atoms with E-state index in [0.29, 0.717) is 11.5 Å². The SMILES string of the molecule is C=CCS(CC=C)=P(O)(O)O.N. The second-order valence-corrected chi connectivity index (χ2v) is 7.52. The topological polar surface area (TPSA) is 95.7 Å². The highest BCUT2D eigenvalue weighted by Crippen LogP contribution is 2.36. The highest BCUT2D eigenvalue weighted by molar-refractivity contribution is 8.27. The van der Waals surface area contributed by atoms with Gasteiger partial charge >= 0.3 is 0 Å². The van der Waals surface area contributed by atoms with E-state index in [2.05, 4.69) is 13.2 Å². The van der Waals surface area contributed by atoms with E-state index < -0.39 is 16.8 Å². The summed E-state index contributed by atoms with van der Waals surface area (Å²) in [5, 5.41) is 0. The Morgan fingerprint density at radius 2 is 1.42 bits per heavy atom. The molecule has 0 unspecified atom stereocenters. The van der Waals surface area contributed by atoms with Crippen LogP contribution in [0.5, 0.6) is 0 Å². The highest BCUT2D eigenvalue weighted by atomic mass is 32.5. The van der Waals surface area contributed by atoms with Gasteiger partial charge in [-0.15, -0.1) is 23.2 Å². The fourth-order valence-corrected chi connectivity index (χ4v) is 3.45. The van der Waals surface area contributed by atoms with Crippen LogP contribution in [0.2, 0.25) is 0 Å². The molecule has 0 heterocycles. The van der Waals surface area contributed by atoms with Crippen molar-refractivity contribution in [3.8, 4) is 0 Å². The molecule has 0 aromatic rings. The molecule has 0 aliphatic carbocycles. The molecular formula is C6H16NO3PS. The molecule has 0 rings (SSSR count). The van der Waals surface area contributed by atoms with Gasteiger partial charge in [-0.3, -0.25) is 0 Å². The first kappa shape index (κ1) is 14.6. The third-order valence-corrected chi connectivity index (χ3v) is 5.87. The summed E-state index contributed by atoms with van der Waals surface area (Å²) in [5.74, 6) is 0.840. The lowest BCUT2D eigenvalue weighted by molar-refractivity contribution is 0.362. The van der Waals surface area contributed by atoms with E-state index in [1.165, 1.54) is 0 Å². The second kappa shape index (κ2) is 6.60. The molecule has 0 radical (unpaired) electrons. The quantitative estimate of drug-likeness (QED) is 0.410. The van der Waals surface area contributed by atoms with Crippen molar-refractivity contribution in [2.75, 3.05) is 11.5 Å². The molecule has 0 aliphatic rings. The van der Waals surface area contributed by atoms with Crippen LogP contribution in [0.3, 0.4) is 0 Å². The molecule has 6 N–H and O–H groups in total. The maximum Gasteiger partial charge on any atom is 0.277 e. The number of hydrogen-bond donors (Lipinski definition) is 4. The summed E-state index contributed by atoms with van der Waals surface area (Å²) in [5.41, 5.74) is 0. The Kier molecular flexibility index (Phi) is 8.04. The third-order valence-electron chi connectivity index (χ3n) is 0.967. The zero-order chi connectivity index (χ0) is 8.91. The van der Waals surface area contributed by atoms with Crippen molar-refractivity contribution in [1.29, 1.82) is 0 Å². The Labute approximate surface area is 75.0 Å². The van der Waals surface area contributed by atoms with Crippen LogP contribution in [0.15, 0.2) is 25.3 Å². The summed E-state index contributed by atoms with van der Waals surface area (Å²) in [7, 11) is -0.800. The molecule has 0 fully saturated rings. The molecular weight excluding hydrogens is 197 g/mol. The fourth-order valence-electron chi connectivity index (χ4n) is 0.540. The molecule has 6 heteroatoms. The van der Waals surface area contributed by atoms with Crippen molar-refractivity contribution in [1.82, 2.24) is 6.15 Å². The minimum absolute atomic E-state index is 0. The van der Waals surface area contributed by atoms with Gasteiger partial charge in [0.15, 0.2) is 0 Å². The monoisotopic (exact) mass is 213 g/mol. The van der Waals surface area contributed by atoms with E-state index in [-0.39, 0.29) is 6.15 Å². The summed E-state index contributed by atoms with van der Waals surface area (Å²) in [6.45, 7) is 3.23. The minimum Gasteiger partial charge on any atom is -0.344 e. The van der Waals surface area contributed by atoms with Crippen LogP contribution in [-0.4, -0.2) is 26.2 Å². The lowest BCUT2D eigenvalue weighted by Crippen LogP contribution is -2.00. The van der Waals surface area contributed by atoms with E-state index in [9.17, 15) is 0 Å². The fraction of sp³-hybridized carbons (Fsp3) is 0.333. The van der Waals surface area contributed by atoms with E-state index in [0.717, 1.165) is 0 Å². The molecule has 0 bridgehead atoms. The van der Waals surface area contributed by atoms with Crippen molar-refractivity contribution < 1.29 is 14.7 Å². The zero-order valence-electron chi connectivity index (χ0n) is 6.89. The van der Waals surface area contributed by atoms with Gasteiger partial charge in [0.05, 0.1) is 0 Å². The van der Waals surface area contributed by atoms with Crippen LogP contribution in [0.1, 0.15) is 0 Å². The van der Waals surface area contributed by atoms with Gasteiger partial charge in [-0.25, -0.2) is 0 Å². The standard InChI is InChI=1S/C6H13O3PS.H3N/c1-3-5-11(6-4-2)10(7,8)9;/h3-4,7-9H,1-2,5-6H2;1H3. The van der Waals surface area contributed by atoms with E-state index in [1.807, 2.05) is 0 Å². The predicted molar refractivity (Wildman–Crippen MR) is 56.1 cm³/mol. The first-order chi connectivity index (χ1) is 5.02. The average molecular weight is 213 g/mol. The Morgan fingerprint density at radius 1 is 1.08 bits per heavy atom. The summed E-state index contributed by atoms with van der Waals surface area (Å²) in [6.07, 6.45) is 3.12. The van der Waals surface area contributed by atoms with Crippen molar-refractivity contribution in [2.45, 2.75) is 0 Å². The van der Waals surface area contributed by atoms with Gasteiger partial charge in [0.1, 0.15) is 0 Å². The molecule has 0 amide bonds. The van der Waals surface area contributed by atoms with Gasteiger partial charge in [-0.2, -0.15) is 0 Å². The molecule has 74 valence electrons. The minimum atomic E-state index is -3.67. The van der Waals surface area contributed by atoms with Crippen LogP contribution in [0.25, 0.3) is 0 Å². The molecule has 12 heavy (non-hydrogen) atoms. The zero-order valence-corrected chi connectivity index (χ0v) is 8.60. The third kappa shape index (κ3) is 5.71. The van der Waals surface area contributed by atoms with E-state index >= 15 is 0 Å². The van der Waals surface area contributed by atoms with Gasteiger partial charge in [-0.05, 0) is 0 Å². The largest absolute Gasteiger partial charge is 0.344 e. The Balaban J connectivity index is 0. The van der Waals surface area contributed by atoms with Gasteiger partial charge in [-0.1, -0.05) is 12.2 Å². The highest BCUT2D eigenvalue weighted by Gasteiger charge is 2.08. The van der Waals surface area contributed by atoms with Crippen LogP contribution >= 0.6 is 6.72 Å². The van der Waals surface area contributed by atoms with Crippen LogP contribution in [0.4, 0.5) is 0 Å². The normalized spacial score (nSPS) is 10.7. The maximum atomic E-state index is 8.88. The second-order valence-electron chi connectivity index (χ2n) is 1.89. The lowest BCUT2D eigenvalue weighted by atomic mass is 10.8. The number of hydrogen-bond acceptors (Lipinski definition) is 1. The Hall–Kier alpha value is 0.1000. The van der Waals surface area contributed by atoms with Crippen molar-refractivity contribution in [3.63, 3.8) is 0 Å². The van der Waals surface area contributed by atoms with Gasteiger partial charge < -0.3 is 20.8 Å². The molecule has 0 saturated carbocycles.